The van der Waals surface area contributed by atoms with Crippen LogP contribution in [0.4, 0.5) is 5.69 Å². The van der Waals surface area contributed by atoms with E-state index < -0.39 is 0 Å². The van der Waals surface area contributed by atoms with E-state index in [0.717, 1.165) is 18.5 Å². The van der Waals surface area contributed by atoms with E-state index in [4.69, 9.17) is 0 Å². The van der Waals surface area contributed by atoms with Crippen LogP contribution in [-0.4, -0.2) is 19.1 Å². The predicted molar refractivity (Wildman–Crippen MR) is 93.9 cm³/mol. The van der Waals surface area contributed by atoms with E-state index in [1.54, 1.807) is 0 Å². The number of halogens is 1. The van der Waals surface area contributed by atoms with Crippen molar-refractivity contribution in [2.75, 3.05) is 18.0 Å². The highest BCUT2D eigenvalue weighted by molar-refractivity contribution is 9.10. The second-order valence-corrected chi connectivity index (χ2v) is 7.62. The molecule has 0 radical (unpaired) electrons. The van der Waals surface area contributed by atoms with E-state index >= 15 is 0 Å². The van der Waals surface area contributed by atoms with Crippen molar-refractivity contribution >= 4 is 21.6 Å². The molecule has 2 fully saturated rings. The number of rotatable bonds is 8. The Morgan fingerprint density at radius 1 is 1.29 bits per heavy atom. The number of anilines is 1. The number of hydrogen-bond donors (Lipinski definition) is 1. The van der Waals surface area contributed by atoms with Crippen LogP contribution in [0.2, 0.25) is 0 Å². The molecule has 1 aromatic rings. The summed E-state index contributed by atoms with van der Waals surface area (Å²) < 4.78 is 1.20. The minimum absolute atomic E-state index is 0.425. The lowest BCUT2D eigenvalue weighted by Gasteiger charge is -2.29. The molecule has 1 unspecified atom stereocenters. The van der Waals surface area contributed by atoms with E-state index in [2.05, 4.69) is 58.2 Å². The minimum atomic E-state index is 0.425. The summed E-state index contributed by atoms with van der Waals surface area (Å²) in [5, 5.41) is 3.65. The van der Waals surface area contributed by atoms with Crippen molar-refractivity contribution in [2.45, 2.75) is 58.0 Å². The Balaban J connectivity index is 1.84. The Hall–Kier alpha value is -0.540. The fourth-order valence-electron chi connectivity index (χ4n) is 3.01. The Kier molecular flexibility index (Phi) is 4.90. The lowest BCUT2D eigenvalue weighted by Crippen LogP contribution is -2.30. The van der Waals surface area contributed by atoms with E-state index in [-0.39, 0.29) is 0 Å². The highest BCUT2D eigenvalue weighted by Gasteiger charge is 2.35. The van der Waals surface area contributed by atoms with Crippen LogP contribution in [0.15, 0.2) is 22.7 Å². The lowest BCUT2D eigenvalue weighted by molar-refractivity contribution is 0.567. The molecule has 3 rings (SSSR count). The van der Waals surface area contributed by atoms with Crippen LogP contribution < -0.4 is 10.2 Å². The van der Waals surface area contributed by atoms with E-state index in [0.29, 0.717) is 6.04 Å². The summed E-state index contributed by atoms with van der Waals surface area (Å²) in [5.74, 6) is 0.941. The molecule has 0 spiro atoms. The molecule has 1 aromatic carbocycles. The van der Waals surface area contributed by atoms with Gasteiger partial charge in [-0.1, -0.05) is 28.9 Å². The summed E-state index contributed by atoms with van der Waals surface area (Å²) in [6.07, 6.45) is 6.78. The van der Waals surface area contributed by atoms with Crippen LogP contribution >= 0.6 is 15.9 Å². The molecule has 116 valence electrons. The van der Waals surface area contributed by atoms with Crippen molar-refractivity contribution in [3.05, 3.63) is 28.2 Å². The van der Waals surface area contributed by atoms with Crippen LogP contribution in [0.5, 0.6) is 0 Å². The Labute approximate surface area is 137 Å². The molecule has 1 N–H and O–H groups in total. The maximum absolute atomic E-state index is 3.67. The zero-order chi connectivity index (χ0) is 14.8. The van der Waals surface area contributed by atoms with Gasteiger partial charge in [-0.2, -0.15) is 0 Å². The normalized spacial score (nSPS) is 19.6. The first kappa shape index (κ1) is 15.4. The molecule has 0 saturated heterocycles. The van der Waals surface area contributed by atoms with Gasteiger partial charge in [0.1, 0.15) is 0 Å². The summed E-state index contributed by atoms with van der Waals surface area (Å²) in [5.41, 5.74) is 2.91. The molecule has 21 heavy (non-hydrogen) atoms. The smallest absolute Gasteiger partial charge is 0.0428 e. The fraction of sp³-hybridized carbons (Fsp3) is 0.667. The van der Waals surface area contributed by atoms with E-state index in [9.17, 15) is 0 Å². The summed E-state index contributed by atoms with van der Waals surface area (Å²) in [4.78, 5) is 2.70. The van der Waals surface area contributed by atoms with Gasteiger partial charge in [-0.05, 0) is 69.2 Å². The molecular weight excluding hydrogens is 324 g/mol. The third kappa shape index (κ3) is 4.01. The molecule has 0 heterocycles. The van der Waals surface area contributed by atoms with Crippen molar-refractivity contribution < 1.29 is 0 Å². The third-order valence-corrected chi connectivity index (χ3v) is 5.10. The fourth-order valence-corrected chi connectivity index (χ4v) is 3.36. The first-order valence-electron chi connectivity index (χ1n) is 8.48. The molecule has 2 aliphatic rings. The monoisotopic (exact) mass is 350 g/mol. The largest absolute Gasteiger partial charge is 0.368 e. The Bertz CT molecular complexity index is 480. The number of benzene rings is 1. The van der Waals surface area contributed by atoms with Gasteiger partial charge in [-0.25, -0.2) is 0 Å². The Morgan fingerprint density at radius 2 is 2.05 bits per heavy atom. The number of hydrogen-bond acceptors (Lipinski definition) is 2. The van der Waals surface area contributed by atoms with E-state index in [1.165, 1.54) is 54.4 Å². The molecule has 2 saturated carbocycles. The molecule has 3 heteroatoms. The summed E-state index contributed by atoms with van der Waals surface area (Å²) in [6, 6.07) is 8.03. The first-order valence-corrected chi connectivity index (χ1v) is 9.27. The highest BCUT2D eigenvalue weighted by atomic mass is 79.9. The van der Waals surface area contributed by atoms with Gasteiger partial charge in [0.25, 0.3) is 0 Å². The predicted octanol–water partition coefficient (Wildman–Crippen LogP) is 4.89. The summed E-state index contributed by atoms with van der Waals surface area (Å²) in [7, 11) is 0. The van der Waals surface area contributed by atoms with Gasteiger partial charge in [-0.15, -0.1) is 0 Å². The lowest BCUT2D eigenvalue weighted by atomic mass is 10.0. The standard InChI is InChI=1S/C18H27BrN2/c1-3-10-20-13(2)17-9-6-15(19)11-18(17)21(16-7-8-16)12-14-4-5-14/h6,9,11,13-14,16,20H,3-5,7-8,10,12H2,1-2H3. The third-order valence-electron chi connectivity index (χ3n) is 4.61. The second-order valence-electron chi connectivity index (χ2n) is 6.71. The highest BCUT2D eigenvalue weighted by Crippen LogP contribution is 2.41. The zero-order valence-corrected chi connectivity index (χ0v) is 14.8. The molecule has 2 aliphatic carbocycles. The minimum Gasteiger partial charge on any atom is -0.368 e. The summed E-state index contributed by atoms with van der Waals surface area (Å²) in [6.45, 7) is 6.87. The molecule has 0 aromatic heterocycles. The molecule has 1 atom stereocenters. The number of nitrogens with one attached hydrogen (secondary N) is 1. The van der Waals surface area contributed by atoms with Crippen molar-refractivity contribution in [1.82, 2.24) is 5.32 Å². The molecule has 0 aliphatic heterocycles. The zero-order valence-electron chi connectivity index (χ0n) is 13.2. The van der Waals surface area contributed by atoms with Crippen molar-refractivity contribution in [3.63, 3.8) is 0 Å². The van der Waals surface area contributed by atoms with Crippen LogP contribution in [0.3, 0.4) is 0 Å². The maximum Gasteiger partial charge on any atom is 0.0428 e. The van der Waals surface area contributed by atoms with Gasteiger partial charge in [-0.3, -0.25) is 0 Å². The van der Waals surface area contributed by atoms with Crippen molar-refractivity contribution in [2.24, 2.45) is 5.92 Å². The van der Waals surface area contributed by atoms with Crippen molar-refractivity contribution in [3.8, 4) is 0 Å². The second kappa shape index (κ2) is 6.70. The van der Waals surface area contributed by atoms with Gasteiger partial charge >= 0.3 is 0 Å². The maximum atomic E-state index is 3.67. The van der Waals surface area contributed by atoms with Gasteiger partial charge in [0, 0.05) is 28.8 Å². The SMILES string of the molecule is CCCNC(C)c1ccc(Br)cc1N(CC1CC1)C1CC1. The molecule has 0 amide bonds. The van der Waals surface area contributed by atoms with Gasteiger partial charge in [0.15, 0.2) is 0 Å². The first-order chi connectivity index (χ1) is 10.2. The van der Waals surface area contributed by atoms with Crippen LogP contribution in [0.25, 0.3) is 0 Å². The van der Waals surface area contributed by atoms with Gasteiger partial charge < -0.3 is 10.2 Å². The van der Waals surface area contributed by atoms with Crippen LogP contribution in [-0.2, 0) is 0 Å². The van der Waals surface area contributed by atoms with Gasteiger partial charge in [0.05, 0.1) is 0 Å². The average Bonchev–Trinajstić information content (AvgIpc) is 3.35. The number of nitrogens with zero attached hydrogens (tertiary/aromatic N) is 1. The molecule has 2 nitrogen and oxygen atoms in total. The van der Waals surface area contributed by atoms with Crippen molar-refractivity contribution in [1.29, 1.82) is 0 Å². The summed E-state index contributed by atoms with van der Waals surface area (Å²) >= 11 is 3.67. The van der Waals surface area contributed by atoms with E-state index in [1.807, 2.05) is 0 Å². The molecular formula is C18H27BrN2. The Morgan fingerprint density at radius 3 is 2.67 bits per heavy atom. The molecule has 0 bridgehead atoms. The van der Waals surface area contributed by atoms with Gasteiger partial charge in [0.2, 0.25) is 0 Å². The topological polar surface area (TPSA) is 15.3 Å². The van der Waals surface area contributed by atoms with Crippen LogP contribution in [0, 0.1) is 5.92 Å². The van der Waals surface area contributed by atoms with Crippen LogP contribution in [0.1, 0.15) is 57.6 Å². The quantitative estimate of drug-likeness (QED) is 0.717. The average molecular weight is 351 g/mol.